The van der Waals surface area contributed by atoms with Gasteiger partial charge in [-0.15, -0.1) is 0 Å². The quantitative estimate of drug-likeness (QED) is 0.233. The number of hydrogen-bond acceptors (Lipinski definition) is 5. The van der Waals surface area contributed by atoms with Crippen molar-refractivity contribution in [2.75, 3.05) is 6.61 Å². The molecule has 0 aliphatic carbocycles. The van der Waals surface area contributed by atoms with Crippen molar-refractivity contribution in [3.05, 3.63) is 150 Å². The summed E-state index contributed by atoms with van der Waals surface area (Å²) in [6, 6.07) is 40.0. The topological polar surface area (TPSA) is 57.2 Å². The van der Waals surface area contributed by atoms with Crippen molar-refractivity contribution in [2.45, 2.75) is 50.3 Å². The molecule has 1 fully saturated rings. The van der Waals surface area contributed by atoms with Gasteiger partial charge in [0.2, 0.25) is 0 Å². The number of benzene rings is 4. The fraction of sp³-hybridized carbons (Fsp3) is 0.257. The van der Waals surface area contributed by atoms with Gasteiger partial charge in [0.05, 0.1) is 26.4 Å². The normalized spacial score (nSPS) is 22.9. The molecule has 0 spiro atoms. The van der Waals surface area contributed by atoms with Crippen molar-refractivity contribution in [1.82, 2.24) is 0 Å². The maximum atomic E-state index is 11.6. The fourth-order valence-electron chi connectivity index (χ4n) is 4.81. The van der Waals surface area contributed by atoms with Crippen molar-refractivity contribution in [3.8, 4) is 0 Å². The highest BCUT2D eigenvalue weighted by molar-refractivity contribution is 5.49. The van der Waals surface area contributed by atoms with Crippen LogP contribution in [-0.2, 0) is 38.8 Å². The lowest BCUT2D eigenvalue weighted by molar-refractivity contribution is -0.251. The van der Waals surface area contributed by atoms with E-state index in [0.717, 1.165) is 22.3 Å². The number of aliphatic hydroxyl groups excluding tert-OH is 1. The summed E-state index contributed by atoms with van der Waals surface area (Å²) in [7, 11) is 0. The Kier molecular flexibility index (Phi) is 10.3. The third kappa shape index (κ3) is 7.98. The molecule has 5 nitrogen and oxygen atoms in total. The number of aliphatic hydroxyl groups is 1. The van der Waals surface area contributed by atoms with Crippen LogP contribution in [-0.4, -0.2) is 42.2 Å². The fourth-order valence-corrected chi connectivity index (χ4v) is 4.81. The highest BCUT2D eigenvalue weighted by Crippen LogP contribution is 2.29. The number of hydrogen-bond donors (Lipinski definition) is 1. The van der Waals surface area contributed by atoms with Crippen molar-refractivity contribution >= 4 is 6.08 Å². The van der Waals surface area contributed by atoms with Gasteiger partial charge in [0, 0.05) is 0 Å². The molecule has 1 heterocycles. The van der Waals surface area contributed by atoms with E-state index in [4.69, 9.17) is 18.9 Å². The van der Waals surface area contributed by atoms with Gasteiger partial charge in [0.1, 0.15) is 30.5 Å². The molecule has 0 saturated carbocycles. The Morgan fingerprint density at radius 2 is 1.07 bits per heavy atom. The van der Waals surface area contributed by atoms with Crippen LogP contribution in [0.1, 0.15) is 22.3 Å². The van der Waals surface area contributed by atoms with Crippen LogP contribution in [0.5, 0.6) is 0 Å². The Balaban J connectivity index is 1.37. The predicted octanol–water partition coefficient (Wildman–Crippen LogP) is 6.22. The lowest BCUT2D eigenvalue weighted by Crippen LogP contribution is -2.60. The summed E-state index contributed by atoms with van der Waals surface area (Å²) in [4.78, 5) is 0. The molecular formula is C35H36O5. The molecule has 0 aromatic heterocycles. The highest BCUT2D eigenvalue weighted by Gasteiger charge is 2.46. The van der Waals surface area contributed by atoms with Crippen LogP contribution in [0.2, 0.25) is 0 Å². The average molecular weight is 537 g/mol. The molecular weight excluding hydrogens is 500 g/mol. The maximum Gasteiger partial charge on any atom is 0.115 e. The molecule has 1 saturated heterocycles. The molecule has 1 aliphatic heterocycles. The van der Waals surface area contributed by atoms with Gasteiger partial charge >= 0.3 is 0 Å². The smallest absolute Gasteiger partial charge is 0.115 e. The van der Waals surface area contributed by atoms with E-state index in [0.29, 0.717) is 26.4 Å². The summed E-state index contributed by atoms with van der Waals surface area (Å²) in [5, 5.41) is 11.6. The minimum atomic E-state index is -0.935. The van der Waals surface area contributed by atoms with E-state index in [1.807, 2.05) is 133 Å². The van der Waals surface area contributed by atoms with Gasteiger partial charge in [0.25, 0.3) is 0 Å². The van der Waals surface area contributed by atoms with Crippen LogP contribution in [0, 0.1) is 0 Å². The summed E-state index contributed by atoms with van der Waals surface area (Å²) in [6.45, 7) is 1.46. The Bertz CT molecular complexity index is 1280. The highest BCUT2D eigenvalue weighted by atomic mass is 16.6. The van der Waals surface area contributed by atoms with Crippen LogP contribution in [0.25, 0.3) is 6.08 Å². The third-order valence-corrected chi connectivity index (χ3v) is 6.94. The van der Waals surface area contributed by atoms with Crippen LogP contribution < -0.4 is 0 Å². The van der Waals surface area contributed by atoms with Crippen molar-refractivity contribution < 1.29 is 24.1 Å². The SMILES string of the molecule is O[C@@H]1[C@@H](OCc2ccccc2)[C@H](OCc2ccccc2)[C@@H](COCc2ccccc2)O[C@@H]1/C=C\c1ccccc1. The summed E-state index contributed by atoms with van der Waals surface area (Å²) < 4.78 is 25.5. The molecule has 1 N–H and O–H groups in total. The first-order valence-corrected chi connectivity index (χ1v) is 13.8. The van der Waals surface area contributed by atoms with E-state index < -0.39 is 30.5 Å². The average Bonchev–Trinajstić information content (AvgIpc) is 3.01. The second kappa shape index (κ2) is 14.7. The van der Waals surface area contributed by atoms with Crippen LogP contribution in [0.4, 0.5) is 0 Å². The summed E-state index contributed by atoms with van der Waals surface area (Å²) >= 11 is 0. The van der Waals surface area contributed by atoms with Gasteiger partial charge in [-0.05, 0) is 22.3 Å². The Morgan fingerprint density at radius 1 is 0.600 bits per heavy atom. The van der Waals surface area contributed by atoms with Crippen molar-refractivity contribution in [3.63, 3.8) is 0 Å². The molecule has 40 heavy (non-hydrogen) atoms. The van der Waals surface area contributed by atoms with E-state index in [9.17, 15) is 5.11 Å². The zero-order valence-corrected chi connectivity index (χ0v) is 22.5. The van der Waals surface area contributed by atoms with Gasteiger partial charge in [-0.2, -0.15) is 0 Å². The van der Waals surface area contributed by atoms with Crippen LogP contribution in [0.15, 0.2) is 127 Å². The van der Waals surface area contributed by atoms with Crippen LogP contribution in [0.3, 0.4) is 0 Å². The minimum Gasteiger partial charge on any atom is -0.387 e. The molecule has 1 aliphatic rings. The molecule has 5 rings (SSSR count). The van der Waals surface area contributed by atoms with E-state index in [1.54, 1.807) is 0 Å². The molecule has 5 heteroatoms. The lowest BCUT2D eigenvalue weighted by Gasteiger charge is -2.44. The van der Waals surface area contributed by atoms with Gasteiger partial charge in [-0.3, -0.25) is 0 Å². The molecule has 0 radical (unpaired) electrons. The van der Waals surface area contributed by atoms with E-state index in [2.05, 4.69) is 0 Å². The van der Waals surface area contributed by atoms with E-state index in [1.165, 1.54) is 0 Å². The Hall–Kier alpha value is -3.58. The van der Waals surface area contributed by atoms with Gasteiger partial charge < -0.3 is 24.1 Å². The summed E-state index contributed by atoms with van der Waals surface area (Å²) in [6.07, 6.45) is 0.704. The molecule has 0 unspecified atom stereocenters. The first-order valence-electron chi connectivity index (χ1n) is 13.8. The zero-order chi connectivity index (χ0) is 27.4. The first-order chi connectivity index (χ1) is 19.8. The first kappa shape index (κ1) is 28.0. The Morgan fingerprint density at radius 3 is 1.62 bits per heavy atom. The molecule has 4 aromatic carbocycles. The van der Waals surface area contributed by atoms with Crippen molar-refractivity contribution in [2.24, 2.45) is 0 Å². The second-order valence-corrected chi connectivity index (χ2v) is 9.92. The summed E-state index contributed by atoms with van der Waals surface area (Å²) in [5.74, 6) is 0. The van der Waals surface area contributed by atoms with Gasteiger partial charge in [-0.1, -0.05) is 133 Å². The predicted molar refractivity (Wildman–Crippen MR) is 156 cm³/mol. The second-order valence-electron chi connectivity index (χ2n) is 9.92. The van der Waals surface area contributed by atoms with Gasteiger partial charge in [0.15, 0.2) is 0 Å². The monoisotopic (exact) mass is 536 g/mol. The molecule has 0 amide bonds. The molecule has 5 atom stereocenters. The van der Waals surface area contributed by atoms with Gasteiger partial charge in [-0.25, -0.2) is 0 Å². The Labute approximate surface area is 236 Å². The minimum absolute atomic E-state index is 0.294. The van der Waals surface area contributed by atoms with Crippen LogP contribution >= 0.6 is 0 Å². The standard InChI is InChI=1S/C35H36O5/c36-33-31(22-21-27-13-5-1-6-14-27)40-32(26-37-23-28-15-7-2-8-16-28)34(38-24-29-17-9-3-10-18-29)35(33)39-25-30-19-11-4-12-20-30/h1-22,31-36H,23-26H2/b22-21-/t31-,32-,33+,34-,35-/m1/s1. The summed E-state index contributed by atoms with van der Waals surface area (Å²) in [5.41, 5.74) is 4.17. The molecule has 4 aromatic rings. The third-order valence-electron chi connectivity index (χ3n) is 6.94. The largest absolute Gasteiger partial charge is 0.387 e. The lowest BCUT2D eigenvalue weighted by atomic mass is 9.93. The van der Waals surface area contributed by atoms with E-state index in [-0.39, 0.29) is 0 Å². The van der Waals surface area contributed by atoms with Crippen molar-refractivity contribution in [1.29, 1.82) is 0 Å². The molecule has 0 bridgehead atoms. The van der Waals surface area contributed by atoms with E-state index >= 15 is 0 Å². The maximum absolute atomic E-state index is 11.6. The molecule has 206 valence electrons. The zero-order valence-electron chi connectivity index (χ0n) is 22.5. The number of rotatable bonds is 12. The number of ether oxygens (including phenoxy) is 4.